The maximum atomic E-state index is 12.2. The Kier molecular flexibility index (Phi) is 25.0. The van der Waals surface area contributed by atoms with E-state index in [1.807, 2.05) is 13.8 Å². The quantitative estimate of drug-likeness (QED) is 0.149. The zero-order valence-corrected chi connectivity index (χ0v) is 23.5. The van der Waals surface area contributed by atoms with Gasteiger partial charge < -0.3 is 10.9 Å². The second-order valence-electron chi connectivity index (χ2n) is 7.35. The number of hydrogen-bond donors (Lipinski definition) is 1. The van der Waals surface area contributed by atoms with E-state index in [4.69, 9.17) is 14.0 Å². The van der Waals surface area contributed by atoms with Crippen molar-refractivity contribution in [3.8, 4) is 0 Å². The third-order valence-corrected chi connectivity index (χ3v) is 6.08. The first-order valence-electron chi connectivity index (χ1n) is 10.7. The van der Waals surface area contributed by atoms with Gasteiger partial charge in [-0.3, -0.25) is 18.7 Å². The van der Waals surface area contributed by atoms with Gasteiger partial charge in [-0.2, -0.15) is 8.42 Å². The normalized spacial score (nSPS) is 13.6. The minimum atomic E-state index is -4.76. The van der Waals surface area contributed by atoms with Gasteiger partial charge in [0.1, 0.15) is 9.12 Å². The van der Waals surface area contributed by atoms with Crippen molar-refractivity contribution >= 4 is 31.2 Å². The molecule has 0 aromatic carbocycles. The fraction of sp³-hybridized carbons (Fsp3) is 0.900. The van der Waals surface area contributed by atoms with Crippen LogP contribution in [0.5, 0.6) is 0 Å². The van der Waals surface area contributed by atoms with Crippen LogP contribution in [0.25, 0.3) is 0 Å². The van der Waals surface area contributed by atoms with Gasteiger partial charge in [-0.05, 0) is 24.7 Å². The molecular weight excluding hydrogens is 454 g/mol. The second-order valence-corrected chi connectivity index (χ2v) is 8.95. The summed E-state index contributed by atoms with van der Waals surface area (Å²) in [7, 11) is -3.04. The molecule has 0 spiro atoms. The number of carbonyl (C=O) groups is 2. The van der Waals surface area contributed by atoms with Crippen LogP contribution in [0.1, 0.15) is 88.3 Å². The molecule has 11 heteroatoms. The molecule has 0 fully saturated rings. The fourth-order valence-corrected chi connectivity index (χ4v) is 3.48. The average Bonchev–Trinajstić information content (AvgIpc) is 2.72. The van der Waals surface area contributed by atoms with E-state index in [0.29, 0.717) is 0 Å². The number of rotatable bonds is 16. The molecule has 0 aliphatic rings. The molecular formula is C20H41NaO8PS+. The zero-order chi connectivity index (χ0) is 23.6. The minimum Gasteiger partial charge on any atom is -1.00 e. The Morgan fingerprint density at radius 2 is 1.35 bits per heavy atom. The predicted octanol–water partition coefficient (Wildman–Crippen LogP) is 1.86. The Bertz CT molecular complexity index is 584. The molecule has 0 saturated heterocycles. The number of carbonyl (C=O) groups excluding carboxylic acids is 2. The molecule has 0 rings (SSSR count). The Balaban J connectivity index is -0.000000507. The van der Waals surface area contributed by atoms with Crippen LogP contribution in [0.2, 0.25) is 0 Å². The van der Waals surface area contributed by atoms with Gasteiger partial charge in [0.2, 0.25) is 0 Å². The largest absolute Gasteiger partial charge is 1.00 e. The van der Waals surface area contributed by atoms with E-state index in [1.165, 1.54) is 0 Å². The summed E-state index contributed by atoms with van der Waals surface area (Å²) in [5.41, 5.74) is 0. The molecule has 0 bridgehead atoms. The maximum Gasteiger partial charge on any atom is 1.00 e. The van der Waals surface area contributed by atoms with Crippen LogP contribution in [0, 0.1) is 11.8 Å². The Morgan fingerprint density at radius 1 is 0.935 bits per heavy atom. The van der Waals surface area contributed by atoms with Gasteiger partial charge in [0.05, 0.1) is 19.6 Å². The van der Waals surface area contributed by atoms with Gasteiger partial charge in [-0.25, -0.2) is 0 Å². The summed E-state index contributed by atoms with van der Waals surface area (Å²) < 4.78 is 50.8. The Labute approximate surface area is 215 Å². The summed E-state index contributed by atoms with van der Waals surface area (Å²) >= 11 is 0. The Morgan fingerprint density at radius 3 is 1.71 bits per heavy atom. The van der Waals surface area contributed by atoms with Gasteiger partial charge in [0.15, 0.2) is 5.25 Å². The van der Waals surface area contributed by atoms with Gasteiger partial charge in [0.25, 0.3) is 10.1 Å². The van der Waals surface area contributed by atoms with E-state index in [1.54, 1.807) is 9.12 Å². The molecule has 0 saturated carbocycles. The molecule has 1 N–H and O–H groups in total. The topological polar surface area (TPSA) is 124 Å². The Hall–Kier alpha value is -0.0500. The zero-order valence-electron chi connectivity index (χ0n) is 21.7. The van der Waals surface area contributed by atoms with Crippen molar-refractivity contribution in [3.63, 3.8) is 0 Å². The summed E-state index contributed by atoms with van der Waals surface area (Å²) in [4.78, 5) is 24.2. The SMILES string of the molecule is CCCCC(CC)COC(=O)CC(C(=O)OCC(CC)CCCC)S(=O)(=O)O.O=P.[H+].[H-].[Na+]. The van der Waals surface area contributed by atoms with Crippen molar-refractivity contribution in [1.82, 2.24) is 0 Å². The van der Waals surface area contributed by atoms with Crippen molar-refractivity contribution in [2.24, 2.45) is 11.8 Å². The molecule has 0 aliphatic carbocycles. The van der Waals surface area contributed by atoms with Crippen molar-refractivity contribution < 1.29 is 69.0 Å². The van der Waals surface area contributed by atoms with Crippen LogP contribution in [-0.2, 0) is 33.7 Å². The molecule has 0 aromatic rings. The van der Waals surface area contributed by atoms with E-state index in [9.17, 15) is 22.6 Å². The first-order chi connectivity index (χ1) is 14.2. The van der Waals surface area contributed by atoms with Gasteiger partial charge >= 0.3 is 42.9 Å². The van der Waals surface area contributed by atoms with Crippen molar-refractivity contribution in [2.75, 3.05) is 13.2 Å². The molecule has 180 valence electrons. The molecule has 0 radical (unpaired) electrons. The van der Waals surface area contributed by atoms with Crippen LogP contribution < -0.4 is 29.6 Å². The maximum absolute atomic E-state index is 12.2. The molecule has 0 heterocycles. The first-order valence-corrected chi connectivity index (χ1v) is 12.6. The summed E-state index contributed by atoms with van der Waals surface area (Å²) in [6.07, 6.45) is 6.74. The third-order valence-electron chi connectivity index (χ3n) is 5.00. The second kappa shape index (κ2) is 21.8. The van der Waals surface area contributed by atoms with Crippen LogP contribution >= 0.6 is 9.12 Å². The number of unbranched alkanes of at least 4 members (excludes halogenated alkanes) is 2. The summed E-state index contributed by atoms with van der Waals surface area (Å²) in [5, 5.41) is -1.95. The predicted molar refractivity (Wildman–Crippen MR) is 120 cm³/mol. The van der Waals surface area contributed by atoms with E-state index in [-0.39, 0.29) is 57.5 Å². The van der Waals surface area contributed by atoms with Gasteiger partial charge in [0, 0.05) is 0 Å². The number of hydrogen-bond acceptors (Lipinski definition) is 7. The van der Waals surface area contributed by atoms with E-state index in [0.717, 1.165) is 51.4 Å². The molecule has 0 aliphatic heterocycles. The van der Waals surface area contributed by atoms with Crippen LogP contribution in [0.4, 0.5) is 0 Å². The third kappa shape index (κ3) is 18.1. The van der Waals surface area contributed by atoms with E-state index >= 15 is 0 Å². The molecule has 3 atom stereocenters. The molecule has 3 unspecified atom stereocenters. The van der Waals surface area contributed by atoms with E-state index < -0.39 is 33.7 Å². The number of ether oxygens (including phenoxy) is 2. The van der Waals surface area contributed by atoms with Crippen LogP contribution in [-0.4, -0.2) is 43.4 Å². The van der Waals surface area contributed by atoms with Gasteiger partial charge in [-0.1, -0.05) is 66.2 Å². The summed E-state index contributed by atoms with van der Waals surface area (Å²) in [6.45, 7) is 8.35. The molecule has 0 amide bonds. The van der Waals surface area contributed by atoms with Crippen LogP contribution in [0.15, 0.2) is 0 Å². The van der Waals surface area contributed by atoms with Crippen LogP contribution in [0.3, 0.4) is 0 Å². The minimum absolute atomic E-state index is 0. The van der Waals surface area contributed by atoms with Crippen molar-refractivity contribution in [1.29, 1.82) is 0 Å². The molecule has 31 heavy (non-hydrogen) atoms. The van der Waals surface area contributed by atoms with Gasteiger partial charge in [-0.15, -0.1) is 0 Å². The smallest absolute Gasteiger partial charge is 1.00 e. The van der Waals surface area contributed by atoms with E-state index in [2.05, 4.69) is 13.8 Å². The summed E-state index contributed by atoms with van der Waals surface area (Å²) in [6, 6.07) is 0. The fourth-order valence-electron chi connectivity index (χ4n) is 2.82. The standard InChI is InChI=1S/C20H38O7S.Na.HOP.H/c1-5-9-11-16(7-3)14-26-19(21)13-18(28(23,24)25)20(22)27-15-17(8-4)12-10-6-2;;1-2;/h16-18H,5-15H2,1-4H3,(H,23,24,25);;2H;/q;+1;;-1/p+1. The molecule has 8 nitrogen and oxygen atoms in total. The monoisotopic (exact) mass is 495 g/mol. The van der Waals surface area contributed by atoms with Crippen molar-refractivity contribution in [3.05, 3.63) is 0 Å². The average molecular weight is 496 g/mol. The molecule has 0 aromatic heterocycles. The first kappa shape index (κ1) is 35.5. The summed E-state index contributed by atoms with van der Waals surface area (Å²) in [5.74, 6) is -1.61. The number of esters is 2. The van der Waals surface area contributed by atoms with Crippen molar-refractivity contribution in [2.45, 2.75) is 90.7 Å².